The molecule has 1 aliphatic carbocycles. The van der Waals surface area contributed by atoms with E-state index >= 15 is 0 Å². The highest BCUT2D eigenvalue weighted by atomic mass is 35.5. The van der Waals surface area contributed by atoms with Crippen molar-refractivity contribution in [1.82, 2.24) is 0 Å². The van der Waals surface area contributed by atoms with Crippen LogP contribution in [0.5, 0.6) is 0 Å². The number of hydrogen-bond donors (Lipinski definition) is 3. The fourth-order valence-corrected chi connectivity index (χ4v) is 2.05. The van der Waals surface area contributed by atoms with Crippen LogP contribution in [0.15, 0.2) is 12.1 Å². The van der Waals surface area contributed by atoms with Crippen molar-refractivity contribution in [3.8, 4) is 0 Å². The van der Waals surface area contributed by atoms with Crippen LogP contribution in [-0.2, 0) is 0 Å². The zero-order valence-corrected chi connectivity index (χ0v) is 9.52. The summed E-state index contributed by atoms with van der Waals surface area (Å²) in [5.41, 5.74) is 6.29. The molecule has 0 bridgehead atoms. The Morgan fingerprint density at radius 1 is 1.50 bits per heavy atom. The summed E-state index contributed by atoms with van der Waals surface area (Å²) in [6, 6.07) is 2.65. The Balaban J connectivity index is 2.24. The quantitative estimate of drug-likeness (QED) is 0.716. The Labute approximate surface area is 98.4 Å². The van der Waals surface area contributed by atoms with Crippen molar-refractivity contribution < 1.29 is 9.50 Å². The van der Waals surface area contributed by atoms with Crippen LogP contribution in [0, 0.1) is 5.82 Å². The van der Waals surface area contributed by atoms with Crippen molar-refractivity contribution in [2.24, 2.45) is 0 Å². The van der Waals surface area contributed by atoms with Crippen molar-refractivity contribution in [2.75, 3.05) is 17.7 Å². The standard InChI is InChI=1S/C11H14ClFN2O/c12-7-4-9(14)10(5-8(7)13)15-11(6-16)2-1-3-11/h4-5,15-16H,1-3,6,14H2. The molecule has 1 aliphatic rings. The fraction of sp³-hybridized carbons (Fsp3) is 0.455. The number of aliphatic hydroxyl groups excluding tert-OH is 1. The van der Waals surface area contributed by atoms with Crippen LogP contribution in [0.4, 0.5) is 15.8 Å². The van der Waals surface area contributed by atoms with Gasteiger partial charge in [-0.3, -0.25) is 0 Å². The van der Waals surface area contributed by atoms with E-state index in [0.717, 1.165) is 19.3 Å². The molecule has 16 heavy (non-hydrogen) atoms. The lowest BCUT2D eigenvalue weighted by atomic mass is 9.77. The third-order valence-electron chi connectivity index (χ3n) is 3.11. The Morgan fingerprint density at radius 3 is 2.69 bits per heavy atom. The van der Waals surface area contributed by atoms with Gasteiger partial charge in [-0.05, 0) is 25.3 Å². The molecule has 0 spiro atoms. The SMILES string of the molecule is Nc1cc(Cl)c(F)cc1NC1(CO)CCC1. The maximum atomic E-state index is 13.3. The molecule has 0 aromatic heterocycles. The molecule has 1 aromatic carbocycles. The molecule has 88 valence electrons. The number of halogens is 2. The van der Waals surface area contributed by atoms with Crippen LogP contribution in [0.25, 0.3) is 0 Å². The maximum Gasteiger partial charge on any atom is 0.143 e. The second kappa shape index (κ2) is 4.11. The van der Waals surface area contributed by atoms with E-state index in [-0.39, 0.29) is 17.2 Å². The molecular formula is C11H14ClFN2O. The van der Waals surface area contributed by atoms with Gasteiger partial charge in [0.2, 0.25) is 0 Å². The lowest BCUT2D eigenvalue weighted by molar-refractivity contribution is 0.144. The first-order valence-corrected chi connectivity index (χ1v) is 5.58. The second-order valence-electron chi connectivity index (χ2n) is 4.27. The van der Waals surface area contributed by atoms with E-state index in [1.807, 2.05) is 0 Å². The third kappa shape index (κ3) is 1.95. The topological polar surface area (TPSA) is 58.3 Å². The summed E-state index contributed by atoms with van der Waals surface area (Å²) in [5.74, 6) is -0.509. The minimum Gasteiger partial charge on any atom is -0.397 e. The van der Waals surface area contributed by atoms with Gasteiger partial charge >= 0.3 is 0 Å². The highest BCUT2D eigenvalue weighted by molar-refractivity contribution is 6.31. The first-order chi connectivity index (χ1) is 7.56. The number of nitrogens with two attached hydrogens (primary N) is 1. The summed E-state index contributed by atoms with van der Waals surface area (Å²) in [5, 5.41) is 12.4. The molecular weight excluding hydrogens is 231 g/mol. The minimum atomic E-state index is -0.509. The van der Waals surface area contributed by atoms with Crippen molar-refractivity contribution >= 4 is 23.0 Å². The molecule has 1 saturated carbocycles. The summed E-state index contributed by atoms with van der Waals surface area (Å²) in [7, 11) is 0. The normalized spacial score (nSPS) is 17.9. The van der Waals surface area contributed by atoms with E-state index in [0.29, 0.717) is 11.4 Å². The van der Waals surface area contributed by atoms with E-state index in [1.54, 1.807) is 0 Å². The number of nitrogens with one attached hydrogen (secondary N) is 1. The van der Waals surface area contributed by atoms with Crippen molar-refractivity contribution in [1.29, 1.82) is 0 Å². The highest BCUT2D eigenvalue weighted by Gasteiger charge is 2.36. The summed E-state index contributed by atoms with van der Waals surface area (Å²) in [6.07, 6.45) is 2.80. The second-order valence-corrected chi connectivity index (χ2v) is 4.68. The van der Waals surface area contributed by atoms with Gasteiger partial charge in [0.05, 0.1) is 28.5 Å². The van der Waals surface area contributed by atoms with Crippen LogP contribution in [-0.4, -0.2) is 17.3 Å². The van der Waals surface area contributed by atoms with Crippen LogP contribution in [0.3, 0.4) is 0 Å². The molecule has 0 amide bonds. The lowest BCUT2D eigenvalue weighted by Crippen LogP contribution is -2.48. The van der Waals surface area contributed by atoms with Gasteiger partial charge in [0.1, 0.15) is 5.82 Å². The van der Waals surface area contributed by atoms with Gasteiger partial charge in [0, 0.05) is 6.07 Å². The Morgan fingerprint density at radius 2 is 2.19 bits per heavy atom. The van der Waals surface area contributed by atoms with Crippen molar-refractivity contribution in [3.05, 3.63) is 23.0 Å². The number of benzene rings is 1. The van der Waals surface area contributed by atoms with Gasteiger partial charge in [0.15, 0.2) is 0 Å². The number of aliphatic hydroxyl groups is 1. The van der Waals surface area contributed by atoms with Gasteiger partial charge in [-0.2, -0.15) is 0 Å². The molecule has 0 unspecified atom stereocenters. The van der Waals surface area contributed by atoms with Gasteiger partial charge in [-0.25, -0.2) is 4.39 Å². The van der Waals surface area contributed by atoms with E-state index in [2.05, 4.69) is 5.32 Å². The first kappa shape index (κ1) is 11.5. The molecule has 0 atom stereocenters. The molecule has 1 fully saturated rings. The lowest BCUT2D eigenvalue weighted by Gasteiger charge is -2.42. The van der Waals surface area contributed by atoms with Gasteiger partial charge in [0.25, 0.3) is 0 Å². The van der Waals surface area contributed by atoms with Gasteiger partial charge in [-0.1, -0.05) is 11.6 Å². The first-order valence-electron chi connectivity index (χ1n) is 5.20. The summed E-state index contributed by atoms with van der Waals surface area (Å²) < 4.78 is 13.3. The zero-order valence-electron chi connectivity index (χ0n) is 8.76. The molecule has 3 nitrogen and oxygen atoms in total. The van der Waals surface area contributed by atoms with E-state index in [1.165, 1.54) is 12.1 Å². The highest BCUT2D eigenvalue weighted by Crippen LogP contribution is 2.37. The number of hydrogen-bond acceptors (Lipinski definition) is 3. The number of anilines is 2. The molecule has 1 aromatic rings. The smallest absolute Gasteiger partial charge is 0.143 e. The van der Waals surface area contributed by atoms with Crippen LogP contribution in [0.1, 0.15) is 19.3 Å². The molecule has 0 saturated heterocycles. The largest absolute Gasteiger partial charge is 0.397 e. The summed E-state index contributed by atoms with van der Waals surface area (Å²) >= 11 is 5.61. The molecule has 0 radical (unpaired) electrons. The van der Waals surface area contributed by atoms with E-state index in [9.17, 15) is 9.50 Å². The average molecular weight is 245 g/mol. The Bertz CT molecular complexity index is 402. The zero-order chi connectivity index (χ0) is 11.8. The van der Waals surface area contributed by atoms with Gasteiger partial charge in [-0.15, -0.1) is 0 Å². The van der Waals surface area contributed by atoms with Crippen molar-refractivity contribution in [2.45, 2.75) is 24.8 Å². The Kier molecular flexibility index (Phi) is 2.95. The molecule has 0 aliphatic heterocycles. The monoisotopic (exact) mass is 244 g/mol. The summed E-state index contributed by atoms with van der Waals surface area (Å²) in [6.45, 7) is 0.0245. The maximum absolute atomic E-state index is 13.3. The Hall–Kier alpha value is -1.00. The fourth-order valence-electron chi connectivity index (χ4n) is 1.88. The predicted molar refractivity (Wildman–Crippen MR) is 63.1 cm³/mol. The van der Waals surface area contributed by atoms with E-state index < -0.39 is 5.82 Å². The van der Waals surface area contributed by atoms with Crippen LogP contribution >= 0.6 is 11.6 Å². The molecule has 5 heteroatoms. The number of rotatable bonds is 3. The third-order valence-corrected chi connectivity index (χ3v) is 3.40. The number of nitrogen functional groups attached to an aromatic ring is 1. The average Bonchev–Trinajstić information content (AvgIpc) is 2.19. The van der Waals surface area contributed by atoms with E-state index in [4.69, 9.17) is 17.3 Å². The molecule has 2 rings (SSSR count). The van der Waals surface area contributed by atoms with Crippen molar-refractivity contribution in [3.63, 3.8) is 0 Å². The molecule has 0 heterocycles. The van der Waals surface area contributed by atoms with Crippen LogP contribution in [0.2, 0.25) is 5.02 Å². The minimum absolute atomic E-state index is 0.00899. The predicted octanol–water partition coefficient (Wildman–Crippen LogP) is 2.39. The summed E-state index contributed by atoms with van der Waals surface area (Å²) in [4.78, 5) is 0. The molecule has 4 N–H and O–H groups in total. The van der Waals surface area contributed by atoms with Gasteiger partial charge < -0.3 is 16.2 Å². The van der Waals surface area contributed by atoms with Crippen LogP contribution < -0.4 is 11.1 Å².